The van der Waals surface area contributed by atoms with E-state index in [1.807, 2.05) is 0 Å². The zero-order chi connectivity index (χ0) is 12.4. The molecular formula is C13H13ClFNO. The Morgan fingerprint density at radius 1 is 1.47 bits per heavy atom. The van der Waals surface area contributed by atoms with E-state index in [9.17, 15) is 9.18 Å². The van der Waals surface area contributed by atoms with Gasteiger partial charge in [-0.3, -0.25) is 4.79 Å². The van der Waals surface area contributed by atoms with Crippen LogP contribution in [0.1, 0.15) is 12.0 Å². The number of aryl methyl sites for hydroxylation is 1. The van der Waals surface area contributed by atoms with Gasteiger partial charge in [-0.2, -0.15) is 0 Å². The fourth-order valence-electron chi connectivity index (χ4n) is 1.95. The van der Waals surface area contributed by atoms with Crippen LogP contribution in [0.5, 0.6) is 0 Å². The summed E-state index contributed by atoms with van der Waals surface area (Å²) in [5, 5.41) is 0. The molecule has 0 radical (unpaired) electrons. The van der Waals surface area contributed by atoms with Crippen LogP contribution in [0.2, 0.25) is 0 Å². The van der Waals surface area contributed by atoms with E-state index in [-0.39, 0.29) is 11.7 Å². The highest BCUT2D eigenvalue weighted by Gasteiger charge is 2.24. The first kappa shape index (κ1) is 12.1. The van der Waals surface area contributed by atoms with Crippen LogP contribution in [0.25, 0.3) is 0 Å². The van der Waals surface area contributed by atoms with Crippen LogP contribution in [0.15, 0.2) is 30.4 Å². The molecule has 1 aromatic rings. The first-order valence-corrected chi connectivity index (χ1v) is 5.96. The quantitative estimate of drug-likeness (QED) is 0.599. The second kappa shape index (κ2) is 4.88. The summed E-state index contributed by atoms with van der Waals surface area (Å²) >= 11 is 5.67. The van der Waals surface area contributed by atoms with E-state index in [4.69, 9.17) is 11.6 Å². The van der Waals surface area contributed by atoms with E-state index in [0.29, 0.717) is 31.0 Å². The van der Waals surface area contributed by atoms with Gasteiger partial charge in [-0.05, 0) is 29.7 Å². The lowest BCUT2D eigenvalue weighted by atomic mass is 10.0. The van der Waals surface area contributed by atoms with Gasteiger partial charge in [0.05, 0.1) is 5.69 Å². The summed E-state index contributed by atoms with van der Waals surface area (Å²) in [7, 11) is 0. The molecule has 0 saturated heterocycles. The number of anilines is 1. The monoisotopic (exact) mass is 253 g/mol. The van der Waals surface area contributed by atoms with Crippen LogP contribution in [0.3, 0.4) is 0 Å². The third-order valence-corrected chi connectivity index (χ3v) is 3.20. The Bertz CT molecular complexity index is 472. The number of amides is 1. The van der Waals surface area contributed by atoms with Crippen LogP contribution < -0.4 is 4.90 Å². The predicted molar refractivity (Wildman–Crippen MR) is 66.9 cm³/mol. The minimum atomic E-state index is -0.333. The molecule has 90 valence electrons. The van der Waals surface area contributed by atoms with Crippen molar-refractivity contribution in [3.05, 3.63) is 41.7 Å². The van der Waals surface area contributed by atoms with Crippen molar-refractivity contribution in [3.63, 3.8) is 0 Å². The van der Waals surface area contributed by atoms with Gasteiger partial charge in [0.1, 0.15) is 5.82 Å². The third-order valence-electron chi connectivity index (χ3n) is 2.82. The number of nitrogens with zero attached hydrogens (tertiary/aromatic N) is 1. The van der Waals surface area contributed by atoms with Crippen molar-refractivity contribution in [2.75, 3.05) is 17.3 Å². The van der Waals surface area contributed by atoms with Gasteiger partial charge in [0, 0.05) is 18.8 Å². The molecule has 1 aliphatic rings. The fourth-order valence-corrected chi connectivity index (χ4v) is 2.03. The van der Waals surface area contributed by atoms with Crippen LogP contribution in [-0.2, 0) is 11.2 Å². The lowest BCUT2D eigenvalue weighted by molar-refractivity contribution is -0.118. The van der Waals surface area contributed by atoms with Gasteiger partial charge in [-0.1, -0.05) is 12.6 Å². The normalized spacial score (nSPS) is 14.7. The number of carbonyl (C=O) groups is 1. The van der Waals surface area contributed by atoms with Gasteiger partial charge in [-0.25, -0.2) is 4.39 Å². The molecule has 0 aliphatic carbocycles. The van der Waals surface area contributed by atoms with Crippen LogP contribution in [-0.4, -0.2) is 18.3 Å². The predicted octanol–water partition coefficient (Wildman–Crippen LogP) is 2.90. The largest absolute Gasteiger partial charge is 0.308 e. The first-order chi connectivity index (χ1) is 8.11. The van der Waals surface area contributed by atoms with Gasteiger partial charge in [-0.15, -0.1) is 11.6 Å². The molecular weight excluding hydrogens is 241 g/mol. The summed E-state index contributed by atoms with van der Waals surface area (Å²) in [6.07, 6.45) is 1.12. The van der Waals surface area contributed by atoms with E-state index >= 15 is 0 Å². The molecule has 0 aromatic heterocycles. The fraction of sp³-hybridized carbons (Fsp3) is 0.308. The number of fused-ring (bicyclic) bond motifs is 1. The Morgan fingerprint density at radius 2 is 2.24 bits per heavy atom. The molecule has 0 fully saturated rings. The summed E-state index contributed by atoms with van der Waals surface area (Å²) in [6, 6.07) is 4.55. The van der Waals surface area contributed by atoms with E-state index in [0.717, 1.165) is 11.1 Å². The minimum absolute atomic E-state index is 0.00522. The smallest absolute Gasteiger partial charge is 0.227 e. The molecule has 0 N–H and O–H groups in total. The number of benzene rings is 1. The molecule has 1 aliphatic heterocycles. The summed E-state index contributed by atoms with van der Waals surface area (Å²) < 4.78 is 13.2. The molecule has 17 heavy (non-hydrogen) atoms. The molecule has 2 rings (SSSR count). The molecule has 0 atom stereocenters. The van der Waals surface area contributed by atoms with Crippen molar-refractivity contribution >= 4 is 23.2 Å². The average molecular weight is 254 g/mol. The highest BCUT2D eigenvalue weighted by atomic mass is 35.5. The number of rotatable bonds is 3. The van der Waals surface area contributed by atoms with Crippen molar-refractivity contribution in [1.82, 2.24) is 0 Å². The van der Waals surface area contributed by atoms with Gasteiger partial charge < -0.3 is 4.90 Å². The molecule has 1 amide bonds. The Kier molecular flexibility index (Phi) is 3.48. The minimum Gasteiger partial charge on any atom is -0.308 e. The van der Waals surface area contributed by atoms with Gasteiger partial charge in [0.25, 0.3) is 0 Å². The van der Waals surface area contributed by atoms with E-state index in [1.165, 1.54) is 12.1 Å². The summed E-state index contributed by atoms with van der Waals surface area (Å²) in [6.45, 7) is 4.14. The summed E-state index contributed by atoms with van der Waals surface area (Å²) in [4.78, 5) is 13.4. The second-order valence-electron chi connectivity index (χ2n) is 4.14. The summed E-state index contributed by atoms with van der Waals surface area (Å²) in [5.41, 5.74) is 2.39. The standard InChI is InChI=1S/C13H13ClFNO/c1-9(7-14)8-16-12-6-11(15)4-2-10(12)3-5-13(16)17/h2,4,6H,1,3,5,7-8H2. The zero-order valence-corrected chi connectivity index (χ0v) is 10.1. The number of carbonyl (C=O) groups excluding carboxylic acids is 1. The third kappa shape index (κ3) is 2.50. The van der Waals surface area contributed by atoms with Crippen molar-refractivity contribution < 1.29 is 9.18 Å². The molecule has 0 unspecified atom stereocenters. The molecule has 0 spiro atoms. The Labute approximate surface area is 105 Å². The highest BCUT2D eigenvalue weighted by molar-refractivity contribution is 6.19. The first-order valence-electron chi connectivity index (χ1n) is 5.43. The van der Waals surface area contributed by atoms with E-state index in [1.54, 1.807) is 11.0 Å². The Hall–Kier alpha value is -1.35. The van der Waals surface area contributed by atoms with Crippen molar-refractivity contribution in [3.8, 4) is 0 Å². The zero-order valence-electron chi connectivity index (χ0n) is 9.38. The molecule has 0 saturated carbocycles. The molecule has 2 nitrogen and oxygen atoms in total. The average Bonchev–Trinajstić information content (AvgIpc) is 2.32. The number of hydrogen-bond acceptors (Lipinski definition) is 1. The topological polar surface area (TPSA) is 20.3 Å². The van der Waals surface area contributed by atoms with Gasteiger partial charge in [0.15, 0.2) is 0 Å². The van der Waals surface area contributed by atoms with Gasteiger partial charge >= 0.3 is 0 Å². The van der Waals surface area contributed by atoms with Crippen molar-refractivity contribution in [2.24, 2.45) is 0 Å². The van der Waals surface area contributed by atoms with Crippen molar-refractivity contribution in [2.45, 2.75) is 12.8 Å². The van der Waals surface area contributed by atoms with E-state index in [2.05, 4.69) is 6.58 Å². The number of halogens is 2. The van der Waals surface area contributed by atoms with Crippen molar-refractivity contribution in [1.29, 1.82) is 0 Å². The second-order valence-corrected chi connectivity index (χ2v) is 4.40. The van der Waals surface area contributed by atoms with Crippen LogP contribution in [0.4, 0.5) is 10.1 Å². The lowest BCUT2D eigenvalue weighted by Gasteiger charge is -2.29. The lowest BCUT2D eigenvalue weighted by Crippen LogP contribution is -2.36. The SMILES string of the molecule is C=C(CCl)CN1C(=O)CCc2ccc(F)cc21. The highest BCUT2D eigenvalue weighted by Crippen LogP contribution is 2.29. The van der Waals surface area contributed by atoms with Crippen LogP contribution in [0, 0.1) is 5.82 Å². The number of alkyl halides is 1. The molecule has 0 bridgehead atoms. The maximum absolute atomic E-state index is 13.2. The maximum atomic E-state index is 13.2. The number of hydrogen-bond donors (Lipinski definition) is 0. The molecule has 4 heteroatoms. The summed E-state index contributed by atoms with van der Waals surface area (Å²) in [5.74, 6) is -0.0386. The Morgan fingerprint density at radius 3 is 2.94 bits per heavy atom. The molecule has 1 aromatic carbocycles. The Balaban J connectivity index is 2.35. The molecule has 1 heterocycles. The van der Waals surface area contributed by atoms with E-state index < -0.39 is 0 Å². The maximum Gasteiger partial charge on any atom is 0.227 e. The van der Waals surface area contributed by atoms with Gasteiger partial charge in [0.2, 0.25) is 5.91 Å². The van der Waals surface area contributed by atoms with Crippen LogP contribution >= 0.6 is 11.6 Å².